The Kier molecular flexibility index (Phi) is 0.901. The average molecular weight is 171 g/mol. The summed E-state index contributed by atoms with van der Waals surface area (Å²) in [6.07, 6.45) is 1.02. The van der Waals surface area contributed by atoms with E-state index in [0.29, 0.717) is 24.2 Å². The topological polar surface area (TPSA) is 24.9 Å². The van der Waals surface area contributed by atoms with E-state index in [0.717, 1.165) is 0 Å². The van der Waals surface area contributed by atoms with Gasteiger partial charge in [-0.15, -0.1) is 0 Å². The Labute approximate surface area is 76.2 Å². The molecule has 2 aliphatic heterocycles. The van der Waals surface area contributed by atoms with Crippen LogP contribution in [-0.4, -0.2) is 24.0 Å². The van der Waals surface area contributed by atoms with Crippen molar-refractivity contribution in [2.24, 2.45) is 10.9 Å². The molecular formula is C11H9NO. The van der Waals surface area contributed by atoms with E-state index in [2.05, 4.69) is 29.3 Å². The van der Waals surface area contributed by atoms with E-state index < -0.39 is 0 Å². The highest BCUT2D eigenvalue weighted by Crippen LogP contribution is 2.55. The van der Waals surface area contributed by atoms with Crippen molar-refractivity contribution in [1.29, 1.82) is 0 Å². The molecule has 1 aromatic rings. The van der Waals surface area contributed by atoms with Crippen LogP contribution in [0.3, 0.4) is 0 Å². The van der Waals surface area contributed by atoms with Crippen LogP contribution in [0.25, 0.3) is 0 Å². The van der Waals surface area contributed by atoms with Gasteiger partial charge in [0.25, 0.3) is 0 Å². The molecule has 0 amide bonds. The third-order valence-electron chi connectivity index (χ3n) is 3.29. The molecule has 13 heavy (non-hydrogen) atoms. The van der Waals surface area contributed by atoms with Crippen LogP contribution in [0.4, 0.5) is 0 Å². The van der Waals surface area contributed by atoms with E-state index in [1.165, 1.54) is 11.3 Å². The summed E-state index contributed by atoms with van der Waals surface area (Å²) in [5.41, 5.74) is 2.54. The molecule has 4 atom stereocenters. The highest BCUT2D eigenvalue weighted by Gasteiger charge is 2.70. The first-order chi connectivity index (χ1) is 6.45. The van der Waals surface area contributed by atoms with Crippen LogP contribution in [0.5, 0.6) is 0 Å². The number of hydrogen-bond acceptors (Lipinski definition) is 2. The van der Waals surface area contributed by atoms with Gasteiger partial charge in [-0.2, -0.15) is 0 Å². The second-order valence-corrected chi connectivity index (χ2v) is 3.96. The molecule has 0 bridgehead atoms. The number of nitrogens with zero attached hydrogens (tertiary/aromatic N) is 1. The largest absolute Gasteiger partial charge is 0.366 e. The Bertz CT molecular complexity index is 398. The van der Waals surface area contributed by atoms with Crippen molar-refractivity contribution in [1.82, 2.24) is 0 Å². The van der Waals surface area contributed by atoms with Crippen LogP contribution >= 0.6 is 0 Å². The standard InChI is InChI=1S/C11H9NO/c1-2-4-6(5-3-1)8-7-9(12-8)11-10(7)13-11/h1-5,7,9-11H/t7-,9+,10+,11-/m1/s1. The Hall–Kier alpha value is -1.15. The highest BCUT2D eigenvalue weighted by molar-refractivity contribution is 6.08. The van der Waals surface area contributed by atoms with Gasteiger partial charge in [0.15, 0.2) is 0 Å². The zero-order chi connectivity index (χ0) is 8.41. The Morgan fingerprint density at radius 3 is 2.69 bits per heavy atom. The lowest BCUT2D eigenvalue weighted by Crippen LogP contribution is -2.53. The number of rotatable bonds is 1. The SMILES string of the molecule is c1ccc(C2=N[C@@H]3[C@H]4O[C@H]4[C@H]23)cc1. The normalized spacial score (nSPS) is 43.5. The molecule has 0 N–H and O–H groups in total. The monoisotopic (exact) mass is 171 g/mol. The van der Waals surface area contributed by atoms with Gasteiger partial charge in [-0.3, -0.25) is 4.99 Å². The fraction of sp³-hybridized carbons (Fsp3) is 0.364. The molecule has 3 aliphatic rings. The van der Waals surface area contributed by atoms with Gasteiger partial charge in [0, 0.05) is 0 Å². The van der Waals surface area contributed by atoms with Gasteiger partial charge in [-0.1, -0.05) is 30.3 Å². The van der Waals surface area contributed by atoms with Crippen molar-refractivity contribution in [2.75, 3.05) is 0 Å². The summed E-state index contributed by atoms with van der Waals surface area (Å²) in [5, 5.41) is 0. The summed E-state index contributed by atoms with van der Waals surface area (Å²) in [4.78, 5) is 4.57. The van der Waals surface area contributed by atoms with Crippen molar-refractivity contribution in [3.8, 4) is 0 Å². The summed E-state index contributed by atoms with van der Waals surface area (Å²) >= 11 is 0. The number of ether oxygens (including phenoxy) is 1. The van der Waals surface area contributed by atoms with E-state index in [-0.39, 0.29) is 0 Å². The van der Waals surface area contributed by atoms with Gasteiger partial charge in [0.1, 0.15) is 6.10 Å². The molecule has 1 saturated carbocycles. The van der Waals surface area contributed by atoms with E-state index in [4.69, 9.17) is 4.74 Å². The van der Waals surface area contributed by atoms with Crippen LogP contribution in [0, 0.1) is 5.92 Å². The van der Waals surface area contributed by atoms with Crippen molar-refractivity contribution < 1.29 is 4.74 Å². The third kappa shape index (κ3) is 0.626. The molecule has 0 unspecified atom stereocenters. The van der Waals surface area contributed by atoms with Crippen LogP contribution in [0.1, 0.15) is 5.56 Å². The fourth-order valence-corrected chi connectivity index (χ4v) is 2.46. The van der Waals surface area contributed by atoms with E-state index in [1.54, 1.807) is 0 Å². The minimum atomic E-state index is 0.498. The average Bonchev–Trinajstić information content (AvgIpc) is 2.81. The van der Waals surface area contributed by atoms with Gasteiger partial charge in [-0.05, 0) is 5.56 Å². The van der Waals surface area contributed by atoms with Crippen molar-refractivity contribution >= 4 is 5.71 Å². The van der Waals surface area contributed by atoms with E-state index in [9.17, 15) is 0 Å². The molecule has 2 heteroatoms. The minimum Gasteiger partial charge on any atom is -0.366 e. The lowest BCUT2D eigenvalue weighted by atomic mass is 9.70. The molecule has 1 saturated heterocycles. The van der Waals surface area contributed by atoms with Crippen molar-refractivity contribution in [3.63, 3.8) is 0 Å². The number of benzene rings is 1. The molecule has 0 aromatic heterocycles. The van der Waals surface area contributed by atoms with Gasteiger partial charge in [0.05, 0.1) is 23.8 Å². The zero-order valence-corrected chi connectivity index (χ0v) is 7.05. The molecule has 1 aromatic carbocycles. The molecular weight excluding hydrogens is 162 g/mol. The number of fused-ring (bicyclic) bond motifs is 4. The van der Waals surface area contributed by atoms with E-state index >= 15 is 0 Å². The zero-order valence-electron chi connectivity index (χ0n) is 7.05. The molecule has 2 fully saturated rings. The van der Waals surface area contributed by atoms with E-state index in [1.807, 2.05) is 6.07 Å². The Morgan fingerprint density at radius 1 is 1.08 bits per heavy atom. The first-order valence-corrected chi connectivity index (χ1v) is 4.74. The molecule has 2 nitrogen and oxygen atoms in total. The number of hydrogen-bond donors (Lipinski definition) is 0. The molecule has 0 radical (unpaired) electrons. The first-order valence-electron chi connectivity index (χ1n) is 4.74. The lowest BCUT2D eigenvalue weighted by Gasteiger charge is -2.39. The summed E-state index contributed by atoms with van der Waals surface area (Å²) in [6, 6.07) is 10.9. The Morgan fingerprint density at radius 2 is 1.92 bits per heavy atom. The fourth-order valence-electron chi connectivity index (χ4n) is 2.46. The highest BCUT2D eigenvalue weighted by atomic mass is 16.6. The van der Waals surface area contributed by atoms with Gasteiger partial charge in [0.2, 0.25) is 0 Å². The lowest BCUT2D eigenvalue weighted by molar-refractivity contribution is 0.377. The quantitative estimate of drug-likeness (QED) is 0.584. The summed E-state index contributed by atoms with van der Waals surface area (Å²) < 4.78 is 5.45. The maximum atomic E-state index is 5.45. The molecule has 64 valence electrons. The second-order valence-electron chi connectivity index (χ2n) is 3.96. The maximum Gasteiger partial charge on any atom is 0.108 e. The van der Waals surface area contributed by atoms with Gasteiger partial charge in [-0.25, -0.2) is 0 Å². The minimum absolute atomic E-state index is 0.498. The molecule has 4 rings (SSSR count). The van der Waals surface area contributed by atoms with Crippen molar-refractivity contribution in [3.05, 3.63) is 35.9 Å². The van der Waals surface area contributed by atoms with Crippen molar-refractivity contribution in [2.45, 2.75) is 18.2 Å². The number of aliphatic imine (C=N–C) groups is 1. The molecule has 1 aliphatic carbocycles. The third-order valence-corrected chi connectivity index (χ3v) is 3.29. The predicted octanol–water partition coefficient (Wildman–Crippen LogP) is 1.26. The first kappa shape index (κ1) is 6.33. The van der Waals surface area contributed by atoms with Gasteiger partial charge < -0.3 is 4.74 Å². The maximum absolute atomic E-state index is 5.45. The van der Waals surface area contributed by atoms with Crippen LogP contribution < -0.4 is 0 Å². The van der Waals surface area contributed by atoms with Crippen LogP contribution in [0.15, 0.2) is 35.3 Å². The smallest absolute Gasteiger partial charge is 0.108 e. The molecule has 2 heterocycles. The van der Waals surface area contributed by atoms with Crippen LogP contribution in [0.2, 0.25) is 0 Å². The summed E-state index contributed by atoms with van der Waals surface area (Å²) in [5.74, 6) is 0.632. The molecule has 0 spiro atoms. The second kappa shape index (κ2) is 1.85. The predicted molar refractivity (Wildman–Crippen MR) is 48.9 cm³/mol. The summed E-state index contributed by atoms with van der Waals surface area (Å²) in [6.45, 7) is 0. The Balaban J connectivity index is 1.74. The van der Waals surface area contributed by atoms with Crippen LogP contribution in [-0.2, 0) is 4.74 Å². The summed E-state index contributed by atoms with van der Waals surface area (Å²) in [7, 11) is 0. The van der Waals surface area contributed by atoms with Gasteiger partial charge >= 0.3 is 0 Å². The number of epoxide rings is 1.